The second kappa shape index (κ2) is 6.60. The molecular weight excluding hydrogens is 316 g/mol. The number of rotatable bonds is 3. The summed E-state index contributed by atoms with van der Waals surface area (Å²) in [6, 6.07) is 14.8. The number of carbonyl (C=O) groups is 1. The van der Waals surface area contributed by atoms with Gasteiger partial charge in [-0.3, -0.25) is 4.79 Å². The zero-order valence-electron chi connectivity index (χ0n) is 14.0. The fraction of sp³-hybridized carbons (Fsp3) is 0.450. The number of benzene rings is 1. The van der Waals surface area contributed by atoms with Gasteiger partial charge in [0.05, 0.1) is 5.41 Å². The maximum atomic E-state index is 13.4. The van der Waals surface area contributed by atoms with E-state index < -0.39 is 0 Å². The zero-order valence-corrected chi connectivity index (χ0v) is 14.8. The van der Waals surface area contributed by atoms with Gasteiger partial charge in [0.15, 0.2) is 0 Å². The molecule has 4 heteroatoms. The van der Waals surface area contributed by atoms with Gasteiger partial charge in [-0.15, -0.1) is 11.3 Å². The van der Waals surface area contributed by atoms with Crippen molar-refractivity contribution in [2.45, 2.75) is 31.1 Å². The van der Waals surface area contributed by atoms with Gasteiger partial charge in [0.2, 0.25) is 5.91 Å². The molecule has 1 saturated carbocycles. The summed E-state index contributed by atoms with van der Waals surface area (Å²) < 4.78 is 0. The Bertz CT molecular complexity index is 669. The largest absolute Gasteiger partial charge is 0.368 e. The number of hydrogen-bond acceptors (Lipinski definition) is 3. The topological polar surface area (TPSA) is 23.6 Å². The van der Waals surface area contributed by atoms with Crippen molar-refractivity contribution in [3.05, 3.63) is 52.7 Å². The Labute approximate surface area is 147 Å². The predicted molar refractivity (Wildman–Crippen MR) is 99.7 cm³/mol. The summed E-state index contributed by atoms with van der Waals surface area (Å²) in [5.41, 5.74) is 1.03. The number of hydrogen-bond donors (Lipinski definition) is 0. The average molecular weight is 340 g/mol. The number of carbonyl (C=O) groups excluding carboxylic acids is 1. The maximum absolute atomic E-state index is 13.4. The summed E-state index contributed by atoms with van der Waals surface area (Å²) in [6.45, 7) is 3.52. The molecule has 0 N–H and O–H groups in total. The predicted octanol–water partition coefficient (Wildman–Crippen LogP) is 3.91. The summed E-state index contributed by atoms with van der Waals surface area (Å²) >= 11 is 1.75. The van der Waals surface area contributed by atoms with Gasteiger partial charge in [0, 0.05) is 36.7 Å². The molecule has 24 heavy (non-hydrogen) atoms. The van der Waals surface area contributed by atoms with Crippen LogP contribution in [-0.4, -0.2) is 37.0 Å². The van der Waals surface area contributed by atoms with Crippen molar-refractivity contribution in [3.8, 4) is 0 Å². The minimum absolute atomic E-state index is 0.233. The zero-order chi connectivity index (χ0) is 16.4. The first-order valence-corrected chi connectivity index (χ1v) is 9.81. The van der Waals surface area contributed by atoms with Crippen molar-refractivity contribution >= 4 is 22.9 Å². The molecule has 2 aliphatic rings. The smallest absolute Gasteiger partial charge is 0.234 e. The lowest BCUT2D eigenvalue weighted by molar-refractivity contribution is -0.137. The number of piperazine rings is 1. The van der Waals surface area contributed by atoms with Crippen molar-refractivity contribution in [2.24, 2.45) is 0 Å². The van der Waals surface area contributed by atoms with Crippen LogP contribution >= 0.6 is 11.3 Å². The Morgan fingerprint density at radius 1 is 0.917 bits per heavy atom. The highest BCUT2D eigenvalue weighted by Gasteiger charge is 2.46. The van der Waals surface area contributed by atoms with E-state index in [4.69, 9.17) is 0 Å². The van der Waals surface area contributed by atoms with Gasteiger partial charge in [-0.1, -0.05) is 37.1 Å². The highest BCUT2D eigenvalue weighted by molar-refractivity contribution is 7.10. The van der Waals surface area contributed by atoms with Crippen LogP contribution in [0, 0.1) is 0 Å². The Hall–Kier alpha value is -1.81. The van der Waals surface area contributed by atoms with Crippen molar-refractivity contribution < 1.29 is 4.79 Å². The molecule has 3 nitrogen and oxygen atoms in total. The second-order valence-corrected chi connectivity index (χ2v) is 7.83. The Morgan fingerprint density at radius 2 is 1.62 bits per heavy atom. The fourth-order valence-corrected chi connectivity index (χ4v) is 5.18. The summed E-state index contributed by atoms with van der Waals surface area (Å²) in [5.74, 6) is 0.371. The van der Waals surface area contributed by atoms with Crippen LogP contribution in [0.4, 0.5) is 5.69 Å². The number of nitrogens with zero attached hydrogens (tertiary/aromatic N) is 2. The van der Waals surface area contributed by atoms with E-state index >= 15 is 0 Å². The van der Waals surface area contributed by atoms with Gasteiger partial charge >= 0.3 is 0 Å². The van der Waals surface area contributed by atoms with E-state index in [0.717, 1.165) is 39.0 Å². The van der Waals surface area contributed by atoms with Gasteiger partial charge in [0.25, 0.3) is 0 Å². The molecule has 4 rings (SSSR count). The van der Waals surface area contributed by atoms with Crippen LogP contribution in [0.1, 0.15) is 30.6 Å². The van der Waals surface area contributed by atoms with Crippen LogP contribution in [0.3, 0.4) is 0 Å². The van der Waals surface area contributed by atoms with E-state index in [2.05, 4.69) is 51.6 Å². The van der Waals surface area contributed by atoms with E-state index in [1.54, 1.807) is 11.3 Å². The lowest BCUT2D eigenvalue weighted by Gasteiger charge is -2.40. The Morgan fingerprint density at radius 3 is 2.25 bits per heavy atom. The second-order valence-electron chi connectivity index (χ2n) is 6.88. The lowest BCUT2D eigenvalue weighted by Crippen LogP contribution is -2.54. The van der Waals surface area contributed by atoms with Gasteiger partial charge < -0.3 is 9.80 Å². The summed E-state index contributed by atoms with van der Waals surface area (Å²) in [5, 5.41) is 2.11. The SMILES string of the molecule is O=C(N1CCN(c2ccccc2)CC1)C1(c2cccs2)CCCC1. The molecule has 2 heterocycles. The molecule has 0 unspecified atom stereocenters. The molecule has 0 atom stereocenters. The molecule has 1 amide bonds. The summed E-state index contributed by atoms with van der Waals surface area (Å²) in [6.07, 6.45) is 4.39. The van der Waals surface area contributed by atoms with Crippen molar-refractivity contribution in [1.29, 1.82) is 0 Å². The van der Waals surface area contributed by atoms with E-state index in [-0.39, 0.29) is 5.41 Å². The van der Waals surface area contributed by atoms with Crippen LogP contribution in [0.5, 0.6) is 0 Å². The first-order valence-electron chi connectivity index (χ1n) is 8.93. The average Bonchev–Trinajstić information content (AvgIpc) is 3.34. The fourth-order valence-electron chi connectivity index (χ4n) is 4.20. The number of para-hydroxylation sites is 1. The Kier molecular flexibility index (Phi) is 4.31. The van der Waals surface area contributed by atoms with Crippen LogP contribution < -0.4 is 4.90 Å². The molecule has 1 saturated heterocycles. The first kappa shape index (κ1) is 15.7. The minimum Gasteiger partial charge on any atom is -0.368 e. The van der Waals surface area contributed by atoms with Crippen LogP contribution in [0.15, 0.2) is 47.8 Å². The monoisotopic (exact) mass is 340 g/mol. The van der Waals surface area contributed by atoms with Crippen LogP contribution in [0.25, 0.3) is 0 Å². The molecule has 1 aromatic carbocycles. The highest BCUT2D eigenvalue weighted by atomic mass is 32.1. The highest BCUT2D eigenvalue weighted by Crippen LogP contribution is 2.44. The molecule has 1 aliphatic heterocycles. The van der Waals surface area contributed by atoms with Crippen molar-refractivity contribution in [1.82, 2.24) is 4.90 Å². The van der Waals surface area contributed by atoms with Crippen molar-refractivity contribution in [3.63, 3.8) is 0 Å². The molecular formula is C20H24N2OS. The molecule has 1 aliphatic carbocycles. The van der Waals surface area contributed by atoms with Crippen LogP contribution in [-0.2, 0) is 10.2 Å². The third-order valence-corrected chi connectivity index (χ3v) is 6.62. The van der Waals surface area contributed by atoms with Gasteiger partial charge in [-0.2, -0.15) is 0 Å². The molecule has 126 valence electrons. The molecule has 2 fully saturated rings. The van der Waals surface area contributed by atoms with E-state index in [1.165, 1.54) is 23.4 Å². The van der Waals surface area contributed by atoms with E-state index in [0.29, 0.717) is 5.91 Å². The minimum atomic E-state index is -0.233. The van der Waals surface area contributed by atoms with E-state index in [1.807, 2.05) is 6.07 Å². The molecule has 1 aromatic heterocycles. The molecule has 2 aromatic rings. The van der Waals surface area contributed by atoms with Gasteiger partial charge in [-0.05, 0) is 36.4 Å². The molecule has 0 radical (unpaired) electrons. The molecule has 0 bridgehead atoms. The summed E-state index contributed by atoms with van der Waals surface area (Å²) in [4.78, 5) is 19.2. The quantitative estimate of drug-likeness (QED) is 0.846. The number of anilines is 1. The third kappa shape index (κ3) is 2.73. The van der Waals surface area contributed by atoms with E-state index in [9.17, 15) is 4.79 Å². The normalized spacial score (nSPS) is 20.3. The number of thiophene rings is 1. The lowest BCUT2D eigenvalue weighted by atomic mass is 9.82. The molecule has 0 spiro atoms. The maximum Gasteiger partial charge on any atom is 0.234 e. The van der Waals surface area contributed by atoms with Crippen molar-refractivity contribution in [2.75, 3.05) is 31.1 Å². The third-order valence-electron chi connectivity index (χ3n) is 5.55. The van der Waals surface area contributed by atoms with Gasteiger partial charge in [-0.25, -0.2) is 0 Å². The number of amides is 1. The van der Waals surface area contributed by atoms with Crippen LogP contribution in [0.2, 0.25) is 0 Å². The standard InChI is InChI=1S/C20H24N2OS/c23-19(20(10-4-5-11-20)18-9-6-16-24-18)22-14-12-21(13-15-22)17-7-2-1-3-8-17/h1-3,6-9,16H,4-5,10-15H2. The Balaban J connectivity index is 1.48. The summed E-state index contributed by atoms with van der Waals surface area (Å²) in [7, 11) is 0. The first-order chi connectivity index (χ1) is 11.8. The van der Waals surface area contributed by atoms with Gasteiger partial charge in [0.1, 0.15) is 0 Å².